The Hall–Kier alpha value is -0.963. The lowest BCUT2D eigenvalue weighted by Gasteiger charge is -2.39. The molecule has 1 N–H and O–H groups in total. The molecule has 0 bridgehead atoms. The number of aliphatic hydroxyl groups excluding tert-OH is 1. The molecule has 1 fully saturated rings. The van der Waals surface area contributed by atoms with Gasteiger partial charge in [-0.2, -0.15) is 0 Å². The second-order valence-electron chi connectivity index (χ2n) is 6.60. The third kappa shape index (κ3) is 6.43. The molecule has 0 aromatic rings. The van der Waals surface area contributed by atoms with Gasteiger partial charge in [0.15, 0.2) is 18.5 Å². The molecule has 1 aliphatic rings. The fourth-order valence-electron chi connectivity index (χ4n) is 2.03. The number of rotatable bonds is 6. The molecular formula is C14H26O7Si. The summed E-state index contributed by atoms with van der Waals surface area (Å²) in [6, 6.07) is 0.917. The average Bonchev–Trinajstić information content (AvgIpc) is 2.34. The molecule has 0 radical (unpaired) electrons. The van der Waals surface area contributed by atoms with E-state index in [-0.39, 0.29) is 6.61 Å². The van der Waals surface area contributed by atoms with Crippen molar-refractivity contribution in [3.8, 4) is 0 Å². The van der Waals surface area contributed by atoms with Crippen molar-refractivity contribution in [2.24, 2.45) is 0 Å². The molecule has 0 aromatic carbocycles. The second kappa shape index (κ2) is 8.05. The van der Waals surface area contributed by atoms with Crippen LogP contribution in [0.1, 0.15) is 13.8 Å². The van der Waals surface area contributed by atoms with E-state index in [2.05, 4.69) is 19.6 Å². The smallest absolute Gasteiger partial charge is 0.303 e. The van der Waals surface area contributed by atoms with E-state index in [1.165, 1.54) is 13.8 Å². The van der Waals surface area contributed by atoms with Gasteiger partial charge in [0.25, 0.3) is 0 Å². The molecule has 1 aliphatic heterocycles. The zero-order valence-electron chi connectivity index (χ0n) is 13.8. The maximum atomic E-state index is 11.3. The monoisotopic (exact) mass is 334 g/mol. The average molecular weight is 334 g/mol. The Labute approximate surface area is 131 Å². The van der Waals surface area contributed by atoms with Crippen LogP contribution < -0.4 is 0 Å². The van der Waals surface area contributed by atoms with Crippen LogP contribution in [-0.4, -0.2) is 62.9 Å². The fraction of sp³-hybridized carbons (Fsp3) is 0.857. The standard InChI is InChI=1S/C14H26O7Si/c1-9(15)20-12-11(17)8-19-14(13(12)21-10(2)16)18-6-7-22(3,4)5/h11-14,17H,6-8H2,1-5H3/t11-,12+,13-,14-/m1/s1. The third-order valence-electron chi connectivity index (χ3n) is 3.14. The van der Waals surface area contributed by atoms with Crippen molar-refractivity contribution in [2.75, 3.05) is 13.2 Å². The molecule has 0 spiro atoms. The molecule has 0 amide bonds. The van der Waals surface area contributed by atoms with Gasteiger partial charge in [0.1, 0.15) is 6.10 Å². The molecule has 1 saturated heterocycles. The highest BCUT2D eigenvalue weighted by molar-refractivity contribution is 6.76. The summed E-state index contributed by atoms with van der Waals surface area (Å²) in [4.78, 5) is 22.5. The Kier molecular flexibility index (Phi) is 6.98. The van der Waals surface area contributed by atoms with E-state index in [4.69, 9.17) is 18.9 Å². The van der Waals surface area contributed by atoms with Crippen LogP contribution in [0, 0.1) is 0 Å². The van der Waals surface area contributed by atoms with E-state index < -0.39 is 44.6 Å². The first kappa shape index (κ1) is 19.1. The van der Waals surface area contributed by atoms with Crippen molar-refractivity contribution in [3.05, 3.63) is 0 Å². The Morgan fingerprint density at radius 2 is 1.68 bits per heavy atom. The van der Waals surface area contributed by atoms with Crippen molar-refractivity contribution < 1.29 is 33.6 Å². The predicted molar refractivity (Wildman–Crippen MR) is 81.0 cm³/mol. The quantitative estimate of drug-likeness (QED) is 0.570. The highest BCUT2D eigenvalue weighted by Gasteiger charge is 2.45. The van der Waals surface area contributed by atoms with Crippen LogP contribution in [-0.2, 0) is 28.5 Å². The molecule has 0 aliphatic carbocycles. The van der Waals surface area contributed by atoms with Crippen LogP contribution >= 0.6 is 0 Å². The van der Waals surface area contributed by atoms with Gasteiger partial charge < -0.3 is 24.1 Å². The fourth-order valence-corrected chi connectivity index (χ4v) is 2.76. The molecule has 8 heteroatoms. The third-order valence-corrected chi connectivity index (χ3v) is 4.84. The first-order valence-electron chi connectivity index (χ1n) is 7.36. The van der Waals surface area contributed by atoms with Gasteiger partial charge in [0, 0.05) is 28.5 Å². The van der Waals surface area contributed by atoms with Gasteiger partial charge in [-0.05, 0) is 6.04 Å². The first-order valence-corrected chi connectivity index (χ1v) is 11.1. The summed E-state index contributed by atoms with van der Waals surface area (Å²) in [6.07, 6.45) is -3.89. The molecule has 128 valence electrons. The van der Waals surface area contributed by atoms with Crippen LogP contribution in [0.25, 0.3) is 0 Å². The number of hydrogen-bond donors (Lipinski definition) is 1. The van der Waals surface area contributed by atoms with E-state index in [9.17, 15) is 14.7 Å². The zero-order chi connectivity index (χ0) is 16.9. The molecule has 7 nitrogen and oxygen atoms in total. The van der Waals surface area contributed by atoms with Crippen molar-refractivity contribution in [3.63, 3.8) is 0 Å². The van der Waals surface area contributed by atoms with E-state index >= 15 is 0 Å². The summed E-state index contributed by atoms with van der Waals surface area (Å²) in [6.45, 7) is 9.53. The summed E-state index contributed by atoms with van der Waals surface area (Å²) in [7, 11) is -1.28. The molecular weight excluding hydrogens is 308 g/mol. The number of hydrogen-bond acceptors (Lipinski definition) is 7. The Balaban J connectivity index is 2.75. The number of aliphatic hydroxyl groups is 1. The maximum absolute atomic E-state index is 11.3. The molecule has 1 heterocycles. The lowest BCUT2D eigenvalue weighted by atomic mass is 10.0. The summed E-state index contributed by atoms with van der Waals surface area (Å²) in [5.74, 6) is -1.12. The van der Waals surface area contributed by atoms with Crippen molar-refractivity contribution in [1.29, 1.82) is 0 Å². The van der Waals surface area contributed by atoms with Crippen LogP contribution in [0.2, 0.25) is 25.7 Å². The van der Waals surface area contributed by atoms with Crippen molar-refractivity contribution >= 4 is 20.0 Å². The van der Waals surface area contributed by atoms with Gasteiger partial charge in [-0.1, -0.05) is 19.6 Å². The normalized spacial score (nSPS) is 29.0. The van der Waals surface area contributed by atoms with Crippen LogP contribution in [0.15, 0.2) is 0 Å². The van der Waals surface area contributed by atoms with Crippen LogP contribution in [0.4, 0.5) is 0 Å². The first-order chi connectivity index (χ1) is 10.1. The predicted octanol–water partition coefficient (Wildman–Crippen LogP) is 0.922. The lowest BCUT2D eigenvalue weighted by molar-refractivity contribution is -0.277. The van der Waals surface area contributed by atoms with Gasteiger partial charge in [-0.3, -0.25) is 9.59 Å². The number of esters is 2. The molecule has 0 aromatic heterocycles. The molecule has 0 saturated carbocycles. The van der Waals surface area contributed by atoms with Crippen molar-refractivity contribution in [1.82, 2.24) is 0 Å². The molecule has 22 heavy (non-hydrogen) atoms. The highest BCUT2D eigenvalue weighted by Crippen LogP contribution is 2.23. The lowest BCUT2D eigenvalue weighted by Crippen LogP contribution is -2.57. The van der Waals surface area contributed by atoms with E-state index in [0.717, 1.165) is 6.04 Å². The minimum absolute atomic E-state index is 0.0483. The molecule has 1 rings (SSSR count). The minimum Gasteiger partial charge on any atom is -0.455 e. The number of carbonyl (C=O) groups is 2. The number of ether oxygens (including phenoxy) is 4. The van der Waals surface area contributed by atoms with Gasteiger partial charge in [-0.15, -0.1) is 0 Å². The Bertz CT molecular complexity index is 393. The summed E-state index contributed by atoms with van der Waals surface area (Å²) >= 11 is 0. The van der Waals surface area contributed by atoms with Gasteiger partial charge in [-0.25, -0.2) is 0 Å². The minimum atomic E-state index is -1.28. The van der Waals surface area contributed by atoms with Crippen LogP contribution in [0.5, 0.6) is 0 Å². The van der Waals surface area contributed by atoms with Gasteiger partial charge >= 0.3 is 11.9 Å². The maximum Gasteiger partial charge on any atom is 0.303 e. The summed E-state index contributed by atoms with van der Waals surface area (Å²) < 4.78 is 21.3. The number of carbonyl (C=O) groups excluding carboxylic acids is 2. The summed E-state index contributed by atoms with van der Waals surface area (Å²) in [5.41, 5.74) is 0. The highest BCUT2D eigenvalue weighted by atomic mass is 28.3. The second-order valence-corrected chi connectivity index (χ2v) is 12.2. The molecule has 0 unspecified atom stereocenters. The molecule has 4 atom stereocenters. The van der Waals surface area contributed by atoms with E-state index in [1.807, 2.05) is 0 Å². The van der Waals surface area contributed by atoms with Gasteiger partial charge in [0.05, 0.1) is 6.61 Å². The summed E-state index contributed by atoms with van der Waals surface area (Å²) in [5, 5.41) is 9.93. The SMILES string of the molecule is CC(=O)O[C@@H]1[C@@H](OC(C)=O)[C@H](OCC[Si](C)(C)C)OC[C@H]1O. The largest absolute Gasteiger partial charge is 0.455 e. The van der Waals surface area contributed by atoms with E-state index in [1.54, 1.807) is 0 Å². The van der Waals surface area contributed by atoms with Crippen molar-refractivity contribution in [2.45, 2.75) is 64.1 Å². The Morgan fingerprint density at radius 1 is 1.14 bits per heavy atom. The Morgan fingerprint density at radius 3 is 2.18 bits per heavy atom. The topological polar surface area (TPSA) is 91.3 Å². The van der Waals surface area contributed by atoms with E-state index in [0.29, 0.717) is 6.61 Å². The van der Waals surface area contributed by atoms with Gasteiger partial charge in [0.2, 0.25) is 0 Å². The zero-order valence-corrected chi connectivity index (χ0v) is 14.8. The van der Waals surface area contributed by atoms with Crippen LogP contribution in [0.3, 0.4) is 0 Å².